The second-order valence-corrected chi connectivity index (χ2v) is 5.29. The van der Waals surface area contributed by atoms with E-state index in [4.69, 9.17) is 25.6 Å². The molecule has 3 aromatic rings. The van der Waals surface area contributed by atoms with Gasteiger partial charge in [-0.3, -0.25) is 4.98 Å². The molecule has 7 nitrogen and oxygen atoms in total. The maximum absolute atomic E-state index is 5.74. The van der Waals surface area contributed by atoms with Crippen LogP contribution in [0.4, 0.5) is 0 Å². The predicted octanol–water partition coefficient (Wildman–Crippen LogP) is 2.69. The van der Waals surface area contributed by atoms with E-state index in [0.717, 1.165) is 23.3 Å². The maximum Gasteiger partial charge on any atom is 0.264 e. The van der Waals surface area contributed by atoms with E-state index < -0.39 is 0 Å². The first-order chi connectivity index (χ1) is 11.3. The Bertz CT molecular complexity index is 852. The summed E-state index contributed by atoms with van der Waals surface area (Å²) in [7, 11) is 0. The molecule has 0 atom stereocenters. The van der Waals surface area contributed by atoms with Gasteiger partial charge in [-0.05, 0) is 23.8 Å². The summed E-state index contributed by atoms with van der Waals surface area (Å²) >= 11 is 5.74. The van der Waals surface area contributed by atoms with Gasteiger partial charge in [0.15, 0.2) is 11.8 Å². The average molecular weight is 331 g/mol. The molecule has 0 bridgehead atoms. The van der Waals surface area contributed by atoms with Crippen molar-refractivity contribution in [2.45, 2.75) is 13.0 Å². The van der Waals surface area contributed by atoms with Gasteiger partial charge in [0.1, 0.15) is 5.75 Å². The molecule has 0 unspecified atom stereocenters. The average Bonchev–Trinajstić information content (AvgIpc) is 3.21. The molecular formula is C15H11ClN4O3. The zero-order valence-electron chi connectivity index (χ0n) is 11.9. The van der Waals surface area contributed by atoms with Gasteiger partial charge in [-0.25, -0.2) is 0 Å². The van der Waals surface area contributed by atoms with Crippen LogP contribution >= 0.6 is 11.6 Å². The Balaban J connectivity index is 1.48. The van der Waals surface area contributed by atoms with Crippen molar-refractivity contribution in [3.05, 3.63) is 47.2 Å². The van der Waals surface area contributed by atoms with Gasteiger partial charge in [0.2, 0.25) is 11.7 Å². The Kier molecular flexibility index (Phi) is 3.55. The maximum atomic E-state index is 5.74. The SMILES string of the molecule is Clc1cncc(OCc2nc(-c3ccc4c(c3)CCO4)no2)n1. The Hall–Kier alpha value is -2.67. The number of halogens is 1. The number of hydrogen-bond acceptors (Lipinski definition) is 7. The molecule has 0 fully saturated rings. The molecule has 0 N–H and O–H groups in total. The summed E-state index contributed by atoms with van der Waals surface area (Å²) in [5.74, 6) is 2.07. The number of hydrogen-bond donors (Lipinski definition) is 0. The fourth-order valence-electron chi connectivity index (χ4n) is 2.29. The first kappa shape index (κ1) is 14.0. The number of rotatable bonds is 4. The third-order valence-corrected chi connectivity index (χ3v) is 3.52. The van der Waals surface area contributed by atoms with Crippen LogP contribution < -0.4 is 9.47 Å². The highest BCUT2D eigenvalue weighted by Crippen LogP contribution is 2.29. The third-order valence-electron chi connectivity index (χ3n) is 3.34. The molecule has 1 aromatic carbocycles. The number of fused-ring (bicyclic) bond motifs is 1. The molecular weight excluding hydrogens is 320 g/mol. The van der Waals surface area contributed by atoms with E-state index in [2.05, 4.69) is 20.1 Å². The second-order valence-electron chi connectivity index (χ2n) is 4.90. The van der Waals surface area contributed by atoms with E-state index in [-0.39, 0.29) is 11.8 Å². The molecule has 0 saturated carbocycles. The Morgan fingerprint density at radius 1 is 1.22 bits per heavy atom. The van der Waals surface area contributed by atoms with E-state index in [9.17, 15) is 0 Å². The van der Waals surface area contributed by atoms with Crippen molar-refractivity contribution in [3.8, 4) is 23.0 Å². The van der Waals surface area contributed by atoms with Crippen LogP contribution in [0, 0.1) is 0 Å². The van der Waals surface area contributed by atoms with Crippen LogP contribution in [0.1, 0.15) is 11.5 Å². The summed E-state index contributed by atoms with van der Waals surface area (Å²) in [5, 5.41) is 4.23. The molecule has 0 aliphatic carbocycles. The molecule has 116 valence electrons. The Morgan fingerprint density at radius 3 is 3.09 bits per heavy atom. The lowest BCUT2D eigenvalue weighted by Crippen LogP contribution is -1.98. The van der Waals surface area contributed by atoms with Crippen molar-refractivity contribution in [1.29, 1.82) is 0 Å². The first-order valence-corrected chi connectivity index (χ1v) is 7.35. The minimum Gasteiger partial charge on any atom is -0.493 e. The molecule has 0 amide bonds. The zero-order valence-corrected chi connectivity index (χ0v) is 12.7. The highest BCUT2D eigenvalue weighted by molar-refractivity contribution is 6.29. The Morgan fingerprint density at radius 2 is 2.17 bits per heavy atom. The number of benzene rings is 1. The molecule has 23 heavy (non-hydrogen) atoms. The third kappa shape index (κ3) is 2.95. The fourth-order valence-corrected chi connectivity index (χ4v) is 2.43. The molecule has 3 heterocycles. The van der Waals surface area contributed by atoms with Crippen molar-refractivity contribution < 1.29 is 14.0 Å². The summed E-state index contributed by atoms with van der Waals surface area (Å²) < 4.78 is 16.1. The molecule has 8 heteroatoms. The van der Waals surface area contributed by atoms with E-state index in [0.29, 0.717) is 24.2 Å². The van der Waals surface area contributed by atoms with Crippen LogP contribution in [0.25, 0.3) is 11.4 Å². The second kappa shape index (κ2) is 5.85. The van der Waals surface area contributed by atoms with Crippen molar-refractivity contribution in [2.24, 2.45) is 0 Å². The Labute approximate surface area is 136 Å². The van der Waals surface area contributed by atoms with Gasteiger partial charge in [0, 0.05) is 12.0 Å². The standard InChI is InChI=1S/C15H11ClN4O3/c16-12-6-17-7-13(18-12)22-8-14-19-15(20-23-14)10-1-2-11-9(5-10)3-4-21-11/h1-2,5-7H,3-4,8H2. The van der Waals surface area contributed by atoms with Crippen LogP contribution in [-0.4, -0.2) is 26.7 Å². The number of ether oxygens (including phenoxy) is 2. The minimum absolute atomic E-state index is 0.0933. The largest absolute Gasteiger partial charge is 0.493 e. The summed E-state index contributed by atoms with van der Waals surface area (Å²) in [5.41, 5.74) is 2.03. The highest BCUT2D eigenvalue weighted by Gasteiger charge is 2.15. The molecule has 1 aliphatic heterocycles. The molecule has 2 aromatic heterocycles. The molecule has 0 radical (unpaired) electrons. The monoisotopic (exact) mass is 330 g/mol. The lowest BCUT2D eigenvalue weighted by atomic mass is 10.1. The van der Waals surface area contributed by atoms with E-state index in [1.165, 1.54) is 12.4 Å². The zero-order chi connectivity index (χ0) is 15.6. The van der Waals surface area contributed by atoms with Gasteiger partial charge < -0.3 is 14.0 Å². The van der Waals surface area contributed by atoms with Crippen molar-refractivity contribution in [1.82, 2.24) is 20.1 Å². The van der Waals surface area contributed by atoms with E-state index in [1.54, 1.807) is 0 Å². The van der Waals surface area contributed by atoms with Gasteiger partial charge >= 0.3 is 0 Å². The lowest BCUT2D eigenvalue weighted by Gasteiger charge is -2.01. The molecule has 0 saturated heterocycles. The van der Waals surface area contributed by atoms with Crippen molar-refractivity contribution in [2.75, 3.05) is 6.61 Å². The van der Waals surface area contributed by atoms with Gasteiger partial charge in [-0.1, -0.05) is 16.8 Å². The normalized spacial score (nSPS) is 12.7. The van der Waals surface area contributed by atoms with Crippen molar-refractivity contribution >= 4 is 11.6 Å². The lowest BCUT2D eigenvalue weighted by molar-refractivity contribution is 0.234. The molecule has 4 rings (SSSR count). The summed E-state index contributed by atoms with van der Waals surface area (Å²) in [6.07, 6.45) is 3.78. The van der Waals surface area contributed by atoms with Crippen LogP contribution in [-0.2, 0) is 13.0 Å². The topological polar surface area (TPSA) is 83.2 Å². The number of nitrogens with zero attached hydrogens (tertiary/aromatic N) is 4. The first-order valence-electron chi connectivity index (χ1n) is 6.97. The minimum atomic E-state index is 0.0933. The smallest absolute Gasteiger partial charge is 0.264 e. The molecule has 0 spiro atoms. The van der Waals surface area contributed by atoms with Gasteiger partial charge in [0.05, 0.1) is 19.0 Å². The van der Waals surface area contributed by atoms with E-state index in [1.807, 2.05) is 18.2 Å². The molecule has 1 aliphatic rings. The van der Waals surface area contributed by atoms with E-state index >= 15 is 0 Å². The summed E-state index contributed by atoms with van der Waals surface area (Å²) in [4.78, 5) is 12.2. The van der Waals surface area contributed by atoms with Crippen LogP contribution in [0.15, 0.2) is 35.1 Å². The van der Waals surface area contributed by atoms with Crippen LogP contribution in [0.2, 0.25) is 5.15 Å². The van der Waals surface area contributed by atoms with Crippen molar-refractivity contribution in [3.63, 3.8) is 0 Å². The highest BCUT2D eigenvalue weighted by atomic mass is 35.5. The number of aromatic nitrogens is 4. The van der Waals surface area contributed by atoms with Crippen LogP contribution in [0.3, 0.4) is 0 Å². The quantitative estimate of drug-likeness (QED) is 0.727. The summed E-state index contributed by atoms with van der Waals surface area (Å²) in [6, 6.07) is 5.84. The van der Waals surface area contributed by atoms with Gasteiger partial charge in [0.25, 0.3) is 5.89 Å². The summed E-state index contributed by atoms with van der Waals surface area (Å²) in [6.45, 7) is 0.806. The fraction of sp³-hybridized carbons (Fsp3) is 0.200. The predicted molar refractivity (Wildman–Crippen MR) is 80.3 cm³/mol. The van der Waals surface area contributed by atoms with Crippen LogP contribution in [0.5, 0.6) is 11.6 Å². The van der Waals surface area contributed by atoms with Gasteiger partial charge in [-0.2, -0.15) is 9.97 Å². The van der Waals surface area contributed by atoms with Gasteiger partial charge in [-0.15, -0.1) is 0 Å².